The first-order valence-electron chi connectivity index (χ1n) is 16.6. The monoisotopic (exact) mass is 627 g/mol. The van der Waals surface area contributed by atoms with Gasteiger partial charge in [-0.2, -0.15) is 0 Å². The molecule has 3 nitrogen and oxygen atoms in total. The van der Waals surface area contributed by atoms with E-state index in [-0.39, 0.29) is 0 Å². The van der Waals surface area contributed by atoms with Crippen LogP contribution in [0.2, 0.25) is 0 Å². The predicted octanol–water partition coefficient (Wildman–Crippen LogP) is 13.4. The number of nitrogens with zero attached hydrogens (tertiary/aromatic N) is 1. The number of rotatable bonds is 5. The Balaban J connectivity index is 1.28. The van der Waals surface area contributed by atoms with Crippen molar-refractivity contribution < 1.29 is 8.83 Å². The summed E-state index contributed by atoms with van der Waals surface area (Å²) in [7, 11) is 0. The Morgan fingerprint density at radius 2 is 0.939 bits per heavy atom. The highest BCUT2D eigenvalue weighted by atomic mass is 16.3. The van der Waals surface area contributed by atoms with Gasteiger partial charge in [0, 0.05) is 32.8 Å². The van der Waals surface area contributed by atoms with E-state index in [2.05, 4.69) is 163 Å². The van der Waals surface area contributed by atoms with E-state index in [0.29, 0.717) is 0 Å². The van der Waals surface area contributed by atoms with Crippen LogP contribution in [0.5, 0.6) is 0 Å². The minimum Gasteiger partial charge on any atom is -0.454 e. The van der Waals surface area contributed by atoms with Crippen molar-refractivity contribution in [1.29, 1.82) is 0 Å². The predicted molar refractivity (Wildman–Crippen MR) is 204 cm³/mol. The van der Waals surface area contributed by atoms with E-state index in [1.54, 1.807) is 0 Å². The van der Waals surface area contributed by atoms with Crippen molar-refractivity contribution in [3.63, 3.8) is 0 Å². The second-order valence-electron chi connectivity index (χ2n) is 12.5. The SMILES string of the molecule is c1ccc(-c2ccc(N(c3cccc4c3oc3ccccc34)c3cccc4c3oc3c(-c5ccccc5)cc5ccccc5c34)cc2)cc1. The molecule has 2 aromatic heterocycles. The van der Waals surface area contributed by atoms with Gasteiger partial charge in [0.05, 0.1) is 11.4 Å². The maximum atomic E-state index is 7.09. The lowest BCUT2D eigenvalue weighted by atomic mass is 9.96. The average Bonchev–Trinajstić information content (AvgIpc) is 3.76. The van der Waals surface area contributed by atoms with Crippen molar-refractivity contribution in [2.75, 3.05) is 4.90 Å². The number of anilines is 3. The first kappa shape index (κ1) is 27.5. The van der Waals surface area contributed by atoms with E-state index in [1.165, 1.54) is 16.3 Å². The van der Waals surface area contributed by atoms with Gasteiger partial charge in [0.15, 0.2) is 11.2 Å². The summed E-state index contributed by atoms with van der Waals surface area (Å²) in [6.45, 7) is 0. The van der Waals surface area contributed by atoms with Crippen molar-refractivity contribution in [2.24, 2.45) is 0 Å². The normalized spacial score (nSPS) is 11.7. The van der Waals surface area contributed by atoms with Gasteiger partial charge in [-0.05, 0) is 63.9 Å². The molecule has 0 saturated heterocycles. The third-order valence-electron chi connectivity index (χ3n) is 9.65. The van der Waals surface area contributed by atoms with Crippen LogP contribution < -0.4 is 4.90 Å². The molecule has 10 rings (SSSR count). The van der Waals surface area contributed by atoms with Gasteiger partial charge in [-0.3, -0.25) is 0 Å². The Morgan fingerprint density at radius 3 is 1.69 bits per heavy atom. The molecule has 0 bridgehead atoms. The van der Waals surface area contributed by atoms with E-state index in [9.17, 15) is 0 Å². The Kier molecular flexibility index (Phi) is 6.18. The highest BCUT2D eigenvalue weighted by Gasteiger charge is 2.25. The Labute approximate surface area is 282 Å². The van der Waals surface area contributed by atoms with Gasteiger partial charge in [0.25, 0.3) is 0 Å². The molecule has 0 amide bonds. The van der Waals surface area contributed by atoms with Gasteiger partial charge < -0.3 is 13.7 Å². The van der Waals surface area contributed by atoms with Gasteiger partial charge in [0.1, 0.15) is 11.2 Å². The highest BCUT2D eigenvalue weighted by molar-refractivity contribution is 6.24. The molecule has 2 heterocycles. The van der Waals surface area contributed by atoms with E-state index in [0.717, 1.165) is 77.6 Å². The van der Waals surface area contributed by atoms with Crippen molar-refractivity contribution in [3.8, 4) is 22.3 Å². The second kappa shape index (κ2) is 11.0. The molecule has 0 unspecified atom stereocenters. The summed E-state index contributed by atoms with van der Waals surface area (Å²) in [6.07, 6.45) is 0. The number of hydrogen-bond donors (Lipinski definition) is 0. The molecule has 0 spiro atoms. The first-order valence-corrected chi connectivity index (χ1v) is 16.6. The number of para-hydroxylation sites is 3. The molecule has 0 fully saturated rings. The maximum absolute atomic E-state index is 7.09. The van der Waals surface area contributed by atoms with Crippen molar-refractivity contribution in [3.05, 3.63) is 176 Å². The van der Waals surface area contributed by atoms with Crippen LogP contribution in [-0.4, -0.2) is 0 Å². The Hall–Kier alpha value is -6.58. The van der Waals surface area contributed by atoms with Crippen LogP contribution in [-0.2, 0) is 0 Å². The molecule has 0 saturated carbocycles. The van der Waals surface area contributed by atoms with Gasteiger partial charge in [-0.25, -0.2) is 0 Å². The summed E-state index contributed by atoms with van der Waals surface area (Å²) in [5.41, 5.74) is 10.8. The summed E-state index contributed by atoms with van der Waals surface area (Å²) >= 11 is 0. The second-order valence-corrected chi connectivity index (χ2v) is 12.5. The third-order valence-corrected chi connectivity index (χ3v) is 9.65. The standard InChI is InChI=1S/C46H29NO2/c1-3-13-30(14-4-1)31-25-27-34(28-26-31)47(40-22-11-20-37-36-19-9-10-24-42(36)48-44(37)40)41-23-12-21-38-43-35-18-8-7-17-33(35)29-39(46(43)49-45(38)41)32-15-5-2-6-16-32/h1-29H. The molecule has 0 aliphatic carbocycles. The molecule has 230 valence electrons. The van der Waals surface area contributed by atoms with Gasteiger partial charge in [0.2, 0.25) is 0 Å². The third kappa shape index (κ3) is 4.37. The summed E-state index contributed by atoms with van der Waals surface area (Å²) in [6, 6.07) is 61.8. The van der Waals surface area contributed by atoms with Crippen LogP contribution in [0, 0.1) is 0 Å². The summed E-state index contributed by atoms with van der Waals surface area (Å²) in [4.78, 5) is 2.29. The molecule has 49 heavy (non-hydrogen) atoms. The number of fused-ring (bicyclic) bond motifs is 8. The average molecular weight is 628 g/mol. The largest absolute Gasteiger partial charge is 0.454 e. The van der Waals surface area contributed by atoms with E-state index < -0.39 is 0 Å². The molecular formula is C46H29NO2. The Morgan fingerprint density at radius 1 is 0.367 bits per heavy atom. The van der Waals surface area contributed by atoms with Crippen molar-refractivity contribution in [2.45, 2.75) is 0 Å². The molecule has 0 radical (unpaired) electrons. The van der Waals surface area contributed by atoms with E-state index in [1.807, 2.05) is 18.2 Å². The van der Waals surface area contributed by atoms with Crippen LogP contribution in [0.1, 0.15) is 0 Å². The molecule has 0 aliphatic rings. The fraction of sp³-hybridized carbons (Fsp3) is 0. The highest BCUT2D eigenvalue weighted by Crippen LogP contribution is 2.48. The lowest BCUT2D eigenvalue weighted by Crippen LogP contribution is -2.10. The zero-order chi connectivity index (χ0) is 32.3. The van der Waals surface area contributed by atoms with Gasteiger partial charge >= 0.3 is 0 Å². The molecule has 10 aromatic rings. The number of benzene rings is 8. The maximum Gasteiger partial charge on any atom is 0.159 e. The van der Waals surface area contributed by atoms with Crippen LogP contribution in [0.4, 0.5) is 17.1 Å². The summed E-state index contributed by atoms with van der Waals surface area (Å²) in [5, 5.41) is 6.72. The fourth-order valence-electron chi connectivity index (χ4n) is 7.39. The number of furan rings is 2. The smallest absolute Gasteiger partial charge is 0.159 e. The molecule has 3 heteroatoms. The lowest BCUT2D eigenvalue weighted by Gasteiger charge is -2.25. The van der Waals surface area contributed by atoms with Crippen LogP contribution >= 0.6 is 0 Å². The van der Waals surface area contributed by atoms with Crippen molar-refractivity contribution >= 4 is 71.7 Å². The number of hydrogen-bond acceptors (Lipinski definition) is 3. The van der Waals surface area contributed by atoms with Gasteiger partial charge in [-0.15, -0.1) is 0 Å². The van der Waals surface area contributed by atoms with E-state index in [4.69, 9.17) is 8.83 Å². The molecule has 0 atom stereocenters. The van der Waals surface area contributed by atoms with E-state index >= 15 is 0 Å². The molecule has 0 aliphatic heterocycles. The Bertz CT molecular complexity index is 2810. The topological polar surface area (TPSA) is 29.5 Å². The van der Waals surface area contributed by atoms with Crippen LogP contribution in [0.25, 0.3) is 76.9 Å². The minimum absolute atomic E-state index is 0.825. The van der Waals surface area contributed by atoms with Crippen molar-refractivity contribution in [1.82, 2.24) is 0 Å². The summed E-state index contributed by atoms with van der Waals surface area (Å²) < 4.78 is 13.7. The summed E-state index contributed by atoms with van der Waals surface area (Å²) in [5.74, 6) is 0. The molecule has 0 N–H and O–H groups in total. The lowest BCUT2D eigenvalue weighted by molar-refractivity contribution is 0.667. The van der Waals surface area contributed by atoms with Crippen LogP contribution in [0.3, 0.4) is 0 Å². The quantitative estimate of drug-likeness (QED) is 0.190. The zero-order valence-electron chi connectivity index (χ0n) is 26.5. The minimum atomic E-state index is 0.825. The molecular weight excluding hydrogens is 599 g/mol. The molecule has 8 aromatic carbocycles. The first-order chi connectivity index (χ1) is 24.3. The van der Waals surface area contributed by atoms with Crippen LogP contribution in [0.15, 0.2) is 185 Å². The fourth-order valence-corrected chi connectivity index (χ4v) is 7.39. The zero-order valence-corrected chi connectivity index (χ0v) is 26.5. The van der Waals surface area contributed by atoms with Gasteiger partial charge in [-0.1, -0.05) is 140 Å².